The molecule has 2 aromatic carbocycles. The second-order valence-electron chi connectivity index (χ2n) is 9.29. The molecule has 6 nitrogen and oxygen atoms in total. The molecule has 0 aliphatic carbocycles. The Morgan fingerprint density at radius 2 is 1.77 bits per heavy atom. The smallest absolute Gasteiger partial charge is 0.137 e. The summed E-state index contributed by atoms with van der Waals surface area (Å²) in [4.78, 5) is 10.5. The molecular formula is C29H30N6. The molecule has 0 atom stereocenters. The molecule has 1 fully saturated rings. The molecule has 6 heteroatoms. The number of rotatable bonds is 6. The van der Waals surface area contributed by atoms with Crippen LogP contribution in [0.2, 0.25) is 0 Å². The highest BCUT2D eigenvalue weighted by atomic mass is 15.3. The molecule has 0 unspecified atom stereocenters. The average molecular weight is 463 g/mol. The van der Waals surface area contributed by atoms with Gasteiger partial charge in [-0.25, -0.2) is 4.98 Å². The molecule has 0 spiro atoms. The Bertz CT molecular complexity index is 1440. The third kappa shape index (κ3) is 4.45. The first kappa shape index (κ1) is 21.6. The minimum Gasteiger partial charge on any atom is -0.369 e. The van der Waals surface area contributed by atoms with Crippen molar-refractivity contribution in [3.05, 3.63) is 90.5 Å². The number of pyridine rings is 1. The van der Waals surface area contributed by atoms with Crippen molar-refractivity contribution in [3.63, 3.8) is 0 Å². The fourth-order valence-corrected chi connectivity index (χ4v) is 5.01. The molecule has 176 valence electrons. The topological polar surface area (TPSA) is 61.8 Å². The van der Waals surface area contributed by atoms with Gasteiger partial charge in [0.1, 0.15) is 5.65 Å². The molecule has 0 saturated carbocycles. The zero-order chi connectivity index (χ0) is 23.6. The highest BCUT2D eigenvalue weighted by Crippen LogP contribution is 2.32. The summed E-state index contributed by atoms with van der Waals surface area (Å²) in [6, 6.07) is 19.6. The van der Waals surface area contributed by atoms with Gasteiger partial charge in [0.15, 0.2) is 0 Å². The van der Waals surface area contributed by atoms with Crippen LogP contribution < -0.4 is 10.2 Å². The van der Waals surface area contributed by atoms with Crippen molar-refractivity contribution >= 4 is 16.7 Å². The van der Waals surface area contributed by atoms with Gasteiger partial charge in [0, 0.05) is 79.1 Å². The fourth-order valence-electron chi connectivity index (χ4n) is 5.01. The minimum absolute atomic E-state index is 0.856. The molecule has 6 rings (SSSR count). The first-order chi connectivity index (χ1) is 17.2. The summed E-state index contributed by atoms with van der Waals surface area (Å²) >= 11 is 0. The van der Waals surface area contributed by atoms with Crippen LogP contribution in [-0.2, 0) is 13.0 Å². The summed E-state index contributed by atoms with van der Waals surface area (Å²) in [6.45, 7) is 7.26. The van der Waals surface area contributed by atoms with E-state index < -0.39 is 0 Å². The summed E-state index contributed by atoms with van der Waals surface area (Å²) in [6.07, 6.45) is 9.05. The van der Waals surface area contributed by atoms with Crippen molar-refractivity contribution in [2.45, 2.75) is 19.9 Å². The lowest BCUT2D eigenvalue weighted by Crippen LogP contribution is -2.43. The zero-order valence-corrected chi connectivity index (χ0v) is 20.0. The largest absolute Gasteiger partial charge is 0.369 e. The Morgan fingerprint density at radius 1 is 0.914 bits per heavy atom. The number of aromatic nitrogens is 4. The van der Waals surface area contributed by atoms with Crippen molar-refractivity contribution in [1.29, 1.82) is 0 Å². The van der Waals surface area contributed by atoms with Gasteiger partial charge in [-0.05, 0) is 48.2 Å². The first-order valence-corrected chi connectivity index (χ1v) is 12.4. The van der Waals surface area contributed by atoms with Gasteiger partial charge in [-0.3, -0.25) is 4.68 Å². The molecule has 1 aliphatic rings. The van der Waals surface area contributed by atoms with Crippen LogP contribution in [0.15, 0.2) is 79.4 Å². The van der Waals surface area contributed by atoms with Gasteiger partial charge in [0.2, 0.25) is 0 Å². The summed E-state index contributed by atoms with van der Waals surface area (Å²) in [7, 11) is 0. The van der Waals surface area contributed by atoms with E-state index in [1.807, 2.05) is 23.3 Å². The van der Waals surface area contributed by atoms with Crippen LogP contribution >= 0.6 is 0 Å². The van der Waals surface area contributed by atoms with Crippen LogP contribution in [0.25, 0.3) is 33.3 Å². The van der Waals surface area contributed by atoms with E-state index in [4.69, 9.17) is 4.98 Å². The lowest BCUT2D eigenvalue weighted by atomic mass is 10.0. The molecule has 5 aromatic rings. The van der Waals surface area contributed by atoms with Gasteiger partial charge in [0.05, 0.1) is 6.20 Å². The number of hydrogen-bond acceptors (Lipinski definition) is 4. The number of aromatic amines is 1. The number of nitrogens with zero attached hydrogens (tertiary/aromatic N) is 4. The highest BCUT2D eigenvalue weighted by Gasteiger charge is 2.15. The number of H-pyrrole nitrogens is 1. The minimum atomic E-state index is 0.856. The van der Waals surface area contributed by atoms with Gasteiger partial charge in [-0.1, -0.05) is 36.4 Å². The van der Waals surface area contributed by atoms with Crippen LogP contribution in [0.1, 0.15) is 11.1 Å². The number of aryl methyl sites for hydroxylation is 3. The molecule has 2 N–H and O–H groups in total. The maximum absolute atomic E-state index is 4.73. The molecule has 0 radical (unpaired) electrons. The number of benzene rings is 2. The lowest BCUT2D eigenvalue weighted by molar-refractivity contribution is 0.588. The van der Waals surface area contributed by atoms with Gasteiger partial charge < -0.3 is 15.2 Å². The molecule has 3 aromatic heterocycles. The van der Waals surface area contributed by atoms with E-state index in [0.717, 1.165) is 66.9 Å². The summed E-state index contributed by atoms with van der Waals surface area (Å²) < 4.78 is 2.02. The molecule has 1 aliphatic heterocycles. The van der Waals surface area contributed by atoms with Crippen molar-refractivity contribution in [3.8, 4) is 22.3 Å². The van der Waals surface area contributed by atoms with Crippen molar-refractivity contribution in [2.24, 2.45) is 0 Å². The molecule has 1 saturated heterocycles. The van der Waals surface area contributed by atoms with Crippen LogP contribution in [0, 0.1) is 6.92 Å². The summed E-state index contributed by atoms with van der Waals surface area (Å²) in [5, 5.41) is 9.16. The Hall–Kier alpha value is -3.90. The summed E-state index contributed by atoms with van der Waals surface area (Å²) in [5.41, 5.74) is 9.42. The Kier molecular flexibility index (Phi) is 5.80. The second-order valence-corrected chi connectivity index (χ2v) is 9.29. The molecule has 0 amide bonds. The van der Waals surface area contributed by atoms with E-state index in [9.17, 15) is 0 Å². The second kappa shape index (κ2) is 9.39. The third-order valence-corrected chi connectivity index (χ3v) is 6.94. The molecule has 4 heterocycles. The maximum atomic E-state index is 4.73. The predicted molar refractivity (Wildman–Crippen MR) is 143 cm³/mol. The van der Waals surface area contributed by atoms with Crippen LogP contribution in [0.4, 0.5) is 5.69 Å². The Labute approximate surface area is 205 Å². The van der Waals surface area contributed by atoms with E-state index >= 15 is 0 Å². The summed E-state index contributed by atoms with van der Waals surface area (Å²) in [5.74, 6) is 0. The van der Waals surface area contributed by atoms with Gasteiger partial charge >= 0.3 is 0 Å². The number of hydrogen-bond donors (Lipinski definition) is 2. The van der Waals surface area contributed by atoms with Gasteiger partial charge in [-0.2, -0.15) is 5.10 Å². The SMILES string of the molecule is Cc1cc(-c2cnc3[nH]cc(-c4cnn(CCc5ccccc5)c4)c3c2)ccc1N1CCNCC1. The predicted octanol–water partition coefficient (Wildman–Crippen LogP) is 5.05. The van der Waals surface area contributed by atoms with Gasteiger partial charge in [0.25, 0.3) is 0 Å². The van der Waals surface area contributed by atoms with Crippen LogP contribution in [0.5, 0.6) is 0 Å². The monoisotopic (exact) mass is 462 g/mol. The average Bonchev–Trinajstić information content (AvgIpc) is 3.55. The zero-order valence-electron chi connectivity index (χ0n) is 20.0. The van der Waals surface area contributed by atoms with E-state index in [1.165, 1.54) is 22.4 Å². The quantitative estimate of drug-likeness (QED) is 0.371. The maximum Gasteiger partial charge on any atom is 0.137 e. The molecule has 35 heavy (non-hydrogen) atoms. The number of anilines is 1. The number of piperazine rings is 1. The Balaban J connectivity index is 1.26. The highest BCUT2D eigenvalue weighted by molar-refractivity contribution is 5.95. The van der Waals surface area contributed by atoms with Crippen molar-refractivity contribution in [2.75, 3.05) is 31.1 Å². The normalized spacial score (nSPS) is 14.0. The fraction of sp³-hybridized carbons (Fsp3) is 0.241. The standard InChI is InChI=1S/C29H30N6/c1-21-15-23(7-8-28(21)34-13-10-30-11-14-34)24-16-26-27(19-32-29(26)31-17-24)25-18-33-35(20-25)12-9-22-5-3-2-4-6-22/h2-8,15-20,30H,9-14H2,1H3,(H,31,32). The molecule has 0 bridgehead atoms. The lowest BCUT2D eigenvalue weighted by Gasteiger charge is -2.30. The van der Waals surface area contributed by atoms with Gasteiger partial charge in [-0.15, -0.1) is 0 Å². The van der Waals surface area contributed by atoms with Crippen LogP contribution in [-0.4, -0.2) is 45.9 Å². The number of nitrogens with one attached hydrogen (secondary N) is 2. The number of fused-ring (bicyclic) bond motifs is 1. The van der Waals surface area contributed by atoms with E-state index in [2.05, 4.69) is 88.0 Å². The van der Waals surface area contributed by atoms with E-state index in [1.54, 1.807) is 0 Å². The van der Waals surface area contributed by atoms with Crippen LogP contribution in [0.3, 0.4) is 0 Å². The first-order valence-electron chi connectivity index (χ1n) is 12.4. The van der Waals surface area contributed by atoms with Crippen molar-refractivity contribution in [1.82, 2.24) is 25.1 Å². The van der Waals surface area contributed by atoms with Crippen molar-refractivity contribution < 1.29 is 0 Å². The molecular weight excluding hydrogens is 432 g/mol. The van der Waals surface area contributed by atoms with E-state index in [0.29, 0.717) is 0 Å². The third-order valence-electron chi connectivity index (χ3n) is 6.94. The van der Waals surface area contributed by atoms with E-state index in [-0.39, 0.29) is 0 Å². The Morgan fingerprint density at radius 3 is 2.60 bits per heavy atom.